The highest BCUT2D eigenvalue weighted by atomic mass is 79.9. The number of nitrogens with zero attached hydrogens (tertiary/aromatic N) is 1. The Labute approximate surface area is 134 Å². The molecule has 0 bridgehead atoms. The summed E-state index contributed by atoms with van der Waals surface area (Å²) >= 11 is 3.37. The van der Waals surface area contributed by atoms with Crippen LogP contribution in [0.3, 0.4) is 0 Å². The molecule has 1 aromatic rings. The maximum atomic E-state index is 12.0. The van der Waals surface area contributed by atoms with Gasteiger partial charge in [-0.25, -0.2) is 0 Å². The lowest BCUT2D eigenvalue weighted by atomic mass is 9.93. The third-order valence-corrected chi connectivity index (χ3v) is 4.34. The molecule has 0 aliphatic carbocycles. The number of carbonyl (C=O) groups is 1. The molecule has 116 valence electrons. The van der Waals surface area contributed by atoms with Crippen molar-refractivity contribution in [3.8, 4) is 5.75 Å². The lowest BCUT2D eigenvalue weighted by Gasteiger charge is -2.35. The zero-order valence-corrected chi connectivity index (χ0v) is 13.9. The summed E-state index contributed by atoms with van der Waals surface area (Å²) in [6, 6.07) is 7.66. The minimum atomic E-state index is -0.610. The number of amides is 1. The van der Waals surface area contributed by atoms with Crippen LogP contribution in [0.4, 0.5) is 0 Å². The molecule has 1 aliphatic heterocycles. The third-order valence-electron chi connectivity index (χ3n) is 3.81. The third kappa shape index (κ3) is 5.32. The molecule has 1 heterocycles. The number of benzene rings is 1. The highest BCUT2D eigenvalue weighted by Crippen LogP contribution is 2.21. The molecule has 4 nitrogen and oxygen atoms in total. The van der Waals surface area contributed by atoms with Gasteiger partial charge in [0.1, 0.15) is 5.75 Å². The van der Waals surface area contributed by atoms with E-state index in [0.717, 1.165) is 10.2 Å². The zero-order valence-electron chi connectivity index (χ0n) is 12.3. The monoisotopic (exact) mass is 355 g/mol. The first-order valence-electron chi connectivity index (χ1n) is 7.35. The van der Waals surface area contributed by atoms with Gasteiger partial charge in [0.05, 0.1) is 12.2 Å². The first-order chi connectivity index (χ1) is 9.96. The Morgan fingerprint density at radius 3 is 2.57 bits per heavy atom. The van der Waals surface area contributed by atoms with Gasteiger partial charge in [-0.2, -0.15) is 0 Å². The van der Waals surface area contributed by atoms with E-state index in [1.165, 1.54) is 0 Å². The standard InChI is InChI=1S/C16H22BrNO3/c1-16(20)8-10-18(11-9-16)15(19)3-2-12-21-14-6-4-13(17)5-7-14/h4-7,20H,2-3,8-12H2,1H3. The van der Waals surface area contributed by atoms with Crippen molar-refractivity contribution >= 4 is 21.8 Å². The molecule has 0 unspecified atom stereocenters. The lowest BCUT2D eigenvalue weighted by Crippen LogP contribution is -2.45. The van der Waals surface area contributed by atoms with Crippen molar-refractivity contribution in [2.45, 2.75) is 38.2 Å². The van der Waals surface area contributed by atoms with Crippen LogP contribution in [0.15, 0.2) is 28.7 Å². The van der Waals surface area contributed by atoms with Crippen molar-refractivity contribution in [3.63, 3.8) is 0 Å². The summed E-state index contributed by atoms with van der Waals surface area (Å²) in [6.07, 6.45) is 2.53. The zero-order chi connectivity index (χ0) is 15.3. The van der Waals surface area contributed by atoms with Gasteiger partial charge >= 0.3 is 0 Å². The van der Waals surface area contributed by atoms with E-state index in [1.54, 1.807) is 0 Å². The van der Waals surface area contributed by atoms with Crippen molar-refractivity contribution in [2.75, 3.05) is 19.7 Å². The normalized spacial score (nSPS) is 17.6. The molecular weight excluding hydrogens is 334 g/mol. The fourth-order valence-corrected chi connectivity index (χ4v) is 2.60. The Morgan fingerprint density at radius 2 is 1.95 bits per heavy atom. The summed E-state index contributed by atoms with van der Waals surface area (Å²) < 4.78 is 6.62. The number of likely N-dealkylation sites (tertiary alicyclic amines) is 1. The molecule has 1 fully saturated rings. The number of ether oxygens (including phenoxy) is 1. The van der Waals surface area contributed by atoms with Crippen LogP contribution < -0.4 is 4.74 Å². The average Bonchev–Trinajstić information content (AvgIpc) is 2.45. The van der Waals surface area contributed by atoms with Gasteiger partial charge in [-0.05, 0) is 50.5 Å². The van der Waals surface area contributed by atoms with Crippen molar-refractivity contribution in [1.29, 1.82) is 0 Å². The number of hydrogen-bond acceptors (Lipinski definition) is 3. The van der Waals surface area contributed by atoms with Crippen LogP contribution in [-0.4, -0.2) is 41.2 Å². The quantitative estimate of drug-likeness (QED) is 0.826. The minimum absolute atomic E-state index is 0.157. The van der Waals surface area contributed by atoms with Gasteiger partial charge in [-0.1, -0.05) is 15.9 Å². The molecule has 1 aliphatic rings. The highest BCUT2D eigenvalue weighted by Gasteiger charge is 2.29. The summed E-state index contributed by atoms with van der Waals surface area (Å²) in [4.78, 5) is 13.9. The number of hydrogen-bond donors (Lipinski definition) is 1. The summed E-state index contributed by atoms with van der Waals surface area (Å²) in [5.41, 5.74) is -0.610. The Balaban J connectivity index is 1.64. The molecule has 1 saturated heterocycles. The van der Waals surface area contributed by atoms with E-state index in [1.807, 2.05) is 36.1 Å². The van der Waals surface area contributed by atoms with Crippen molar-refractivity contribution in [2.24, 2.45) is 0 Å². The molecular formula is C16H22BrNO3. The summed E-state index contributed by atoms with van der Waals surface area (Å²) in [5.74, 6) is 0.976. The Kier molecular flexibility index (Phi) is 5.65. The number of piperidine rings is 1. The fraction of sp³-hybridized carbons (Fsp3) is 0.562. The SMILES string of the molecule is CC1(O)CCN(C(=O)CCCOc2ccc(Br)cc2)CC1. The Hall–Kier alpha value is -1.07. The molecule has 0 aromatic heterocycles. The van der Waals surface area contributed by atoms with Crippen LogP contribution in [0, 0.1) is 0 Å². The number of halogens is 1. The highest BCUT2D eigenvalue weighted by molar-refractivity contribution is 9.10. The van der Waals surface area contributed by atoms with Crippen molar-refractivity contribution in [3.05, 3.63) is 28.7 Å². The molecule has 0 atom stereocenters. The van der Waals surface area contributed by atoms with Gasteiger partial charge in [0.25, 0.3) is 0 Å². The Morgan fingerprint density at radius 1 is 1.33 bits per heavy atom. The topological polar surface area (TPSA) is 49.8 Å². The maximum absolute atomic E-state index is 12.0. The van der Waals surface area contributed by atoms with Gasteiger partial charge in [0, 0.05) is 24.0 Å². The molecule has 1 aromatic carbocycles. The maximum Gasteiger partial charge on any atom is 0.222 e. The first-order valence-corrected chi connectivity index (χ1v) is 8.14. The molecule has 1 N–H and O–H groups in total. The number of rotatable bonds is 5. The molecule has 0 saturated carbocycles. The molecule has 21 heavy (non-hydrogen) atoms. The average molecular weight is 356 g/mol. The minimum Gasteiger partial charge on any atom is -0.494 e. The molecule has 0 spiro atoms. The summed E-state index contributed by atoms with van der Waals surface area (Å²) in [5, 5.41) is 9.87. The predicted octanol–water partition coefficient (Wildman–Crippen LogP) is 2.98. The van der Waals surface area contributed by atoms with Crippen molar-refractivity contribution in [1.82, 2.24) is 4.90 Å². The van der Waals surface area contributed by atoms with Gasteiger partial charge < -0.3 is 14.7 Å². The van der Waals surface area contributed by atoms with Crippen LogP contribution in [-0.2, 0) is 4.79 Å². The molecule has 1 amide bonds. The van der Waals surface area contributed by atoms with E-state index in [4.69, 9.17) is 4.74 Å². The fourth-order valence-electron chi connectivity index (χ4n) is 2.34. The van der Waals surface area contributed by atoms with Gasteiger partial charge in [-0.15, -0.1) is 0 Å². The number of aliphatic hydroxyl groups is 1. The van der Waals surface area contributed by atoms with E-state index in [0.29, 0.717) is 45.4 Å². The summed E-state index contributed by atoms with van der Waals surface area (Å²) in [7, 11) is 0. The van der Waals surface area contributed by atoms with E-state index in [9.17, 15) is 9.90 Å². The molecule has 0 radical (unpaired) electrons. The van der Waals surface area contributed by atoms with E-state index in [-0.39, 0.29) is 5.91 Å². The van der Waals surface area contributed by atoms with E-state index < -0.39 is 5.60 Å². The Bertz CT molecular complexity index is 463. The van der Waals surface area contributed by atoms with E-state index in [2.05, 4.69) is 15.9 Å². The summed E-state index contributed by atoms with van der Waals surface area (Å²) in [6.45, 7) is 3.68. The molecule has 5 heteroatoms. The van der Waals surface area contributed by atoms with Gasteiger partial charge in [0.15, 0.2) is 0 Å². The number of carbonyl (C=O) groups excluding carboxylic acids is 1. The second-order valence-corrected chi connectivity index (χ2v) is 6.70. The van der Waals surface area contributed by atoms with Crippen LogP contribution in [0.5, 0.6) is 5.75 Å². The van der Waals surface area contributed by atoms with Crippen LogP contribution in [0.25, 0.3) is 0 Å². The first kappa shape index (κ1) is 16.3. The van der Waals surface area contributed by atoms with Crippen LogP contribution in [0.2, 0.25) is 0 Å². The smallest absolute Gasteiger partial charge is 0.222 e. The van der Waals surface area contributed by atoms with E-state index >= 15 is 0 Å². The second-order valence-electron chi connectivity index (χ2n) is 5.78. The van der Waals surface area contributed by atoms with Crippen LogP contribution in [0.1, 0.15) is 32.6 Å². The van der Waals surface area contributed by atoms with Crippen molar-refractivity contribution < 1.29 is 14.6 Å². The second kappa shape index (κ2) is 7.27. The molecule has 2 rings (SSSR count). The van der Waals surface area contributed by atoms with Gasteiger partial charge in [0.2, 0.25) is 5.91 Å². The van der Waals surface area contributed by atoms with Gasteiger partial charge in [-0.3, -0.25) is 4.79 Å². The predicted molar refractivity (Wildman–Crippen MR) is 85.3 cm³/mol. The van der Waals surface area contributed by atoms with Crippen LogP contribution >= 0.6 is 15.9 Å². The largest absolute Gasteiger partial charge is 0.494 e. The lowest BCUT2D eigenvalue weighted by molar-refractivity contribution is -0.135.